The van der Waals surface area contributed by atoms with Gasteiger partial charge in [0.15, 0.2) is 0 Å². The average molecular weight is 200 g/mol. The van der Waals surface area contributed by atoms with Crippen LogP contribution in [0.3, 0.4) is 0 Å². The Morgan fingerprint density at radius 2 is 1.69 bits per heavy atom. The molecule has 0 aliphatic heterocycles. The molecule has 72 valence electrons. The highest BCUT2D eigenvalue weighted by molar-refractivity contribution is 7.80. The third-order valence-corrected chi connectivity index (χ3v) is 1.36. The molecule has 0 saturated carbocycles. The van der Waals surface area contributed by atoms with Crippen molar-refractivity contribution in [1.29, 1.82) is 0 Å². The first kappa shape index (κ1) is 11.9. The number of rotatable bonds is 1. The Bertz CT molecular complexity index is 261. The highest BCUT2D eigenvalue weighted by Crippen LogP contribution is 2.13. The minimum atomic E-state index is -0.437. The smallest absolute Gasteiger partial charge is 0.269 e. The molecule has 0 aromatic heterocycles. The van der Waals surface area contributed by atoms with Gasteiger partial charge in [-0.05, 0) is 26.2 Å². The SMILES string of the molecule is CNC.O=[N+]([O-])c1ccc(S)cc1. The van der Waals surface area contributed by atoms with Gasteiger partial charge in [-0.15, -0.1) is 12.6 Å². The Morgan fingerprint density at radius 3 is 2.00 bits per heavy atom. The zero-order valence-corrected chi connectivity index (χ0v) is 8.41. The summed E-state index contributed by atoms with van der Waals surface area (Å²) in [5.41, 5.74) is 0.0952. The van der Waals surface area contributed by atoms with Crippen LogP contribution in [0.1, 0.15) is 0 Å². The van der Waals surface area contributed by atoms with Crippen molar-refractivity contribution in [2.75, 3.05) is 14.1 Å². The summed E-state index contributed by atoms with van der Waals surface area (Å²) in [5.74, 6) is 0. The van der Waals surface area contributed by atoms with Crippen molar-refractivity contribution in [1.82, 2.24) is 5.32 Å². The molecule has 0 unspecified atom stereocenters. The molecule has 0 heterocycles. The maximum Gasteiger partial charge on any atom is 0.269 e. The molecular weight excluding hydrogens is 188 g/mol. The van der Waals surface area contributed by atoms with Crippen molar-refractivity contribution in [2.24, 2.45) is 0 Å². The summed E-state index contributed by atoms with van der Waals surface area (Å²) < 4.78 is 0. The van der Waals surface area contributed by atoms with Crippen LogP contribution in [0, 0.1) is 10.1 Å². The molecule has 0 radical (unpaired) electrons. The normalized spacial score (nSPS) is 8.54. The number of nitro benzene ring substituents is 1. The fourth-order valence-electron chi connectivity index (χ4n) is 0.574. The third kappa shape index (κ3) is 5.21. The van der Waals surface area contributed by atoms with Gasteiger partial charge in [0.05, 0.1) is 4.92 Å². The monoisotopic (exact) mass is 200 g/mol. The lowest BCUT2D eigenvalue weighted by Gasteiger charge is -1.89. The zero-order chi connectivity index (χ0) is 10.3. The molecule has 0 saturated heterocycles. The fraction of sp³-hybridized carbons (Fsp3) is 0.250. The van der Waals surface area contributed by atoms with E-state index < -0.39 is 4.92 Å². The molecule has 0 bridgehead atoms. The Balaban J connectivity index is 0.000000424. The summed E-state index contributed by atoms with van der Waals surface area (Å²) in [6, 6.07) is 6.01. The Hall–Kier alpha value is -1.07. The molecule has 0 atom stereocenters. The van der Waals surface area contributed by atoms with Crippen LogP contribution in [-0.2, 0) is 0 Å². The Labute approximate surface area is 82.5 Å². The summed E-state index contributed by atoms with van der Waals surface area (Å²) in [7, 11) is 3.75. The van der Waals surface area contributed by atoms with Crippen molar-refractivity contribution >= 4 is 18.3 Å². The number of nitrogens with one attached hydrogen (secondary N) is 1. The van der Waals surface area contributed by atoms with E-state index in [-0.39, 0.29) is 5.69 Å². The second-order valence-electron chi connectivity index (χ2n) is 2.27. The molecule has 0 aliphatic rings. The van der Waals surface area contributed by atoms with Gasteiger partial charge in [-0.25, -0.2) is 0 Å². The summed E-state index contributed by atoms with van der Waals surface area (Å²) in [6.07, 6.45) is 0. The van der Waals surface area contributed by atoms with Gasteiger partial charge >= 0.3 is 0 Å². The molecule has 5 heteroatoms. The fourth-order valence-corrected chi connectivity index (χ4v) is 0.723. The van der Waals surface area contributed by atoms with Gasteiger partial charge in [0.2, 0.25) is 0 Å². The lowest BCUT2D eigenvalue weighted by Crippen LogP contribution is -1.89. The molecule has 1 N–H and O–H groups in total. The first-order valence-electron chi connectivity index (χ1n) is 3.63. The van der Waals surface area contributed by atoms with E-state index in [1.54, 1.807) is 12.1 Å². The number of nitrogens with zero attached hydrogens (tertiary/aromatic N) is 1. The maximum atomic E-state index is 10.1. The van der Waals surface area contributed by atoms with Crippen LogP contribution in [0.4, 0.5) is 5.69 Å². The Kier molecular flexibility index (Phi) is 5.92. The van der Waals surface area contributed by atoms with Gasteiger partial charge < -0.3 is 5.32 Å². The third-order valence-electron chi connectivity index (χ3n) is 1.06. The Morgan fingerprint density at radius 1 is 1.31 bits per heavy atom. The number of non-ortho nitro benzene ring substituents is 1. The van der Waals surface area contributed by atoms with Crippen LogP contribution >= 0.6 is 12.6 Å². The minimum absolute atomic E-state index is 0.0952. The average Bonchev–Trinajstić information content (AvgIpc) is 2.06. The lowest BCUT2D eigenvalue weighted by atomic mass is 10.3. The van der Waals surface area contributed by atoms with Crippen molar-refractivity contribution in [3.8, 4) is 0 Å². The van der Waals surface area contributed by atoms with E-state index in [1.165, 1.54) is 12.1 Å². The highest BCUT2D eigenvalue weighted by Gasteiger charge is 2.00. The van der Waals surface area contributed by atoms with Gasteiger partial charge in [0, 0.05) is 17.0 Å². The molecule has 0 amide bonds. The molecule has 1 aromatic rings. The first-order valence-corrected chi connectivity index (χ1v) is 4.08. The van der Waals surface area contributed by atoms with Gasteiger partial charge in [0.1, 0.15) is 0 Å². The predicted molar refractivity (Wildman–Crippen MR) is 55.3 cm³/mol. The molecule has 0 aliphatic carbocycles. The number of hydrogen-bond donors (Lipinski definition) is 2. The van der Waals surface area contributed by atoms with Crippen molar-refractivity contribution < 1.29 is 4.92 Å². The van der Waals surface area contributed by atoms with E-state index in [0.717, 1.165) is 4.90 Å². The van der Waals surface area contributed by atoms with Gasteiger partial charge in [-0.3, -0.25) is 10.1 Å². The first-order chi connectivity index (χ1) is 6.11. The van der Waals surface area contributed by atoms with E-state index in [1.807, 2.05) is 14.1 Å². The van der Waals surface area contributed by atoms with Crippen molar-refractivity contribution in [3.05, 3.63) is 34.4 Å². The molecule has 1 aromatic carbocycles. The molecule has 13 heavy (non-hydrogen) atoms. The molecule has 0 fully saturated rings. The van der Waals surface area contributed by atoms with E-state index >= 15 is 0 Å². The van der Waals surface area contributed by atoms with Crippen molar-refractivity contribution in [2.45, 2.75) is 4.90 Å². The van der Waals surface area contributed by atoms with E-state index in [4.69, 9.17) is 0 Å². The van der Waals surface area contributed by atoms with Crippen LogP contribution < -0.4 is 5.32 Å². The lowest BCUT2D eigenvalue weighted by molar-refractivity contribution is -0.384. The van der Waals surface area contributed by atoms with Crippen LogP contribution in [-0.4, -0.2) is 19.0 Å². The largest absolute Gasteiger partial charge is 0.323 e. The number of benzene rings is 1. The zero-order valence-electron chi connectivity index (χ0n) is 7.52. The van der Waals surface area contributed by atoms with Crippen LogP contribution in [0.15, 0.2) is 29.2 Å². The van der Waals surface area contributed by atoms with Gasteiger partial charge in [0.25, 0.3) is 5.69 Å². The summed E-state index contributed by atoms with van der Waals surface area (Å²) >= 11 is 3.98. The topological polar surface area (TPSA) is 55.2 Å². The highest BCUT2D eigenvalue weighted by atomic mass is 32.1. The molecule has 0 spiro atoms. The van der Waals surface area contributed by atoms with Gasteiger partial charge in [-0.2, -0.15) is 0 Å². The number of nitro groups is 1. The minimum Gasteiger partial charge on any atom is -0.323 e. The summed E-state index contributed by atoms with van der Waals surface area (Å²) in [5, 5.41) is 12.8. The van der Waals surface area contributed by atoms with Crippen LogP contribution in [0.2, 0.25) is 0 Å². The van der Waals surface area contributed by atoms with Crippen molar-refractivity contribution in [3.63, 3.8) is 0 Å². The predicted octanol–water partition coefficient (Wildman–Crippen LogP) is 1.72. The van der Waals surface area contributed by atoms with E-state index in [0.29, 0.717) is 0 Å². The summed E-state index contributed by atoms with van der Waals surface area (Å²) in [6.45, 7) is 0. The molecular formula is C8H12N2O2S. The maximum absolute atomic E-state index is 10.1. The van der Waals surface area contributed by atoms with Crippen LogP contribution in [0.25, 0.3) is 0 Å². The van der Waals surface area contributed by atoms with E-state index in [9.17, 15) is 10.1 Å². The standard InChI is InChI=1S/C6H5NO2S.C2H7N/c8-7(9)5-1-3-6(10)4-2-5;1-3-2/h1-4,10H;3H,1-2H3. The summed E-state index contributed by atoms with van der Waals surface area (Å²) in [4.78, 5) is 10.4. The number of hydrogen-bond acceptors (Lipinski definition) is 4. The van der Waals surface area contributed by atoms with E-state index in [2.05, 4.69) is 17.9 Å². The molecule has 1 rings (SSSR count). The van der Waals surface area contributed by atoms with Gasteiger partial charge in [-0.1, -0.05) is 0 Å². The number of thiol groups is 1. The molecule has 4 nitrogen and oxygen atoms in total. The second kappa shape index (κ2) is 6.45. The van der Waals surface area contributed by atoms with Crippen LogP contribution in [0.5, 0.6) is 0 Å². The second-order valence-corrected chi connectivity index (χ2v) is 2.79. The quantitative estimate of drug-likeness (QED) is 0.412.